The van der Waals surface area contributed by atoms with E-state index in [9.17, 15) is 8.78 Å². The average Bonchev–Trinajstić information content (AvgIpc) is 2.59. The van der Waals surface area contributed by atoms with E-state index in [0.29, 0.717) is 6.54 Å². The predicted molar refractivity (Wildman–Crippen MR) is 90.2 cm³/mol. The maximum absolute atomic E-state index is 13.3. The first kappa shape index (κ1) is 16.6. The minimum atomic E-state index is -0.802. The van der Waals surface area contributed by atoms with Crippen molar-refractivity contribution in [3.05, 3.63) is 47.5 Å². The average molecular weight is 333 g/mol. The fourth-order valence-corrected chi connectivity index (χ4v) is 2.76. The smallest absolute Gasteiger partial charge is 0.159 e. The maximum Gasteiger partial charge on any atom is 0.159 e. The Labute approximate surface area is 140 Å². The van der Waals surface area contributed by atoms with E-state index in [2.05, 4.69) is 20.0 Å². The van der Waals surface area contributed by atoms with Gasteiger partial charge in [0.1, 0.15) is 0 Å². The molecular weight excluding hydrogens is 312 g/mol. The van der Waals surface area contributed by atoms with Gasteiger partial charge in [-0.1, -0.05) is 6.07 Å². The van der Waals surface area contributed by atoms with Gasteiger partial charge in [-0.2, -0.15) is 0 Å². The molecule has 1 aromatic heterocycles. The van der Waals surface area contributed by atoms with Gasteiger partial charge in [0.05, 0.1) is 0 Å². The molecule has 1 aliphatic heterocycles. The van der Waals surface area contributed by atoms with Crippen LogP contribution >= 0.6 is 0 Å². The molecule has 0 saturated carbocycles. The third-order valence-corrected chi connectivity index (χ3v) is 4.18. The van der Waals surface area contributed by atoms with E-state index in [1.165, 1.54) is 12.1 Å². The molecule has 1 aromatic carbocycles. The lowest BCUT2D eigenvalue weighted by Gasteiger charge is -2.35. The first-order valence-electron chi connectivity index (χ1n) is 7.95. The Morgan fingerprint density at radius 3 is 2.29 bits per heavy atom. The van der Waals surface area contributed by atoms with Gasteiger partial charge in [-0.3, -0.25) is 4.90 Å². The van der Waals surface area contributed by atoms with Crippen molar-refractivity contribution in [1.82, 2.24) is 15.1 Å². The summed E-state index contributed by atoms with van der Waals surface area (Å²) in [4.78, 5) is 6.33. The molecule has 24 heavy (non-hydrogen) atoms. The van der Waals surface area contributed by atoms with Gasteiger partial charge in [0.2, 0.25) is 0 Å². The molecule has 7 heteroatoms. The maximum atomic E-state index is 13.3. The molecule has 3 rings (SSSR count). The van der Waals surface area contributed by atoms with Crippen molar-refractivity contribution in [3.8, 4) is 0 Å². The van der Waals surface area contributed by atoms with Gasteiger partial charge >= 0.3 is 0 Å². The summed E-state index contributed by atoms with van der Waals surface area (Å²) in [6, 6.07) is 8.02. The lowest BCUT2D eigenvalue weighted by atomic mass is 10.2. The summed E-state index contributed by atoms with van der Waals surface area (Å²) < 4.78 is 26.3. The van der Waals surface area contributed by atoms with E-state index in [0.717, 1.165) is 43.4 Å². The highest BCUT2D eigenvalue weighted by Gasteiger charge is 2.19. The van der Waals surface area contributed by atoms with Crippen LogP contribution in [-0.4, -0.2) is 55.4 Å². The van der Waals surface area contributed by atoms with Crippen LogP contribution in [0, 0.1) is 11.6 Å². The molecule has 128 valence electrons. The minimum absolute atomic E-state index is 0.621. The molecule has 2 aromatic rings. The summed E-state index contributed by atoms with van der Waals surface area (Å²) >= 11 is 0. The third kappa shape index (κ3) is 3.79. The van der Waals surface area contributed by atoms with Crippen molar-refractivity contribution in [2.24, 2.45) is 0 Å². The second kappa shape index (κ2) is 7.09. The molecular formula is C17H21F2N5. The molecule has 0 atom stereocenters. The fraction of sp³-hybridized carbons (Fsp3) is 0.412. The van der Waals surface area contributed by atoms with Gasteiger partial charge in [0.15, 0.2) is 23.3 Å². The monoisotopic (exact) mass is 333 g/mol. The molecule has 1 saturated heterocycles. The highest BCUT2D eigenvalue weighted by Crippen LogP contribution is 2.17. The molecule has 2 heterocycles. The molecule has 0 amide bonds. The number of benzene rings is 1. The number of piperazine rings is 1. The predicted octanol–water partition coefficient (Wildman–Crippen LogP) is 2.14. The van der Waals surface area contributed by atoms with Crippen LogP contribution in [0.25, 0.3) is 0 Å². The van der Waals surface area contributed by atoms with Crippen molar-refractivity contribution in [2.45, 2.75) is 6.54 Å². The molecule has 0 bridgehead atoms. The SMILES string of the molecule is CN(C)c1ccc(N2CCN(Cc3ccc(F)c(F)c3)CC2)nn1. The molecule has 0 aliphatic carbocycles. The van der Waals surface area contributed by atoms with E-state index >= 15 is 0 Å². The number of hydrogen-bond donors (Lipinski definition) is 0. The first-order chi connectivity index (χ1) is 11.5. The zero-order chi connectivity index (χ0) is 17.1. The first-order valence-corrected chi connectivity index (χ1v) is 7.95. The largest absolute Gasteiger partial charge is 0.361 e. The lowest BCUT2D eigenvalue weighted by molar-refractivity contribution is 0.248. The Bertz CT molecular complexity index is 682. The Kier molecular flexibility index (Phi) is 4.89. The fourth-order valence-electron chi connectivity index (χ4n) is 2.76. The van der Waals surface area contributed by atoms with Crippen LogP contribution in [0.15, 0.2) is 30.3 Å². The zero-order valence-electron chi connectivity index (χ0n) is 13.9. The van der Waals surface area contributed by atoms with E-state index < -0.39 is 11.6 Å². The number of rotatable bonds is 4. The molecule has 0 unspecified atom stereocenters. The second-order valence-electron chi connectivity index (χ2n) is 6.16. The Balaban J connectivity index is 1.56. The van der Waals surface area contributed by atoms with E-state index in [1.807, 2.05) is 31.1 Å². The quantitative estimate of drug-likeness (QED) is 0.857. The third-order valence-electron chi connectivity index (χ3n) is 4.18. The summed E-state index contributed by atoms with van der Waals surface area (Å²) in [5, 5.41) is 8.48. The topological polar surface area (TPSA) is 35.5 Å². The minimum Gasteiger partial charge on any atom is -0.361 e. The Morgan fingerprint density at radius 1 is 0.958 bits per heavy atom. The molecule has 1 aliphatic rings. The molecule has 0 spiro atoms. The van der Waals surface area contributed by atoms with Crippen LogP contribution in [-0.2, 0) is 6.54 Å². The van der Waals surface area contributed by atoms with Crippen LogP contribution in [0.4, 0.5) is 20.4 Å². The summed E-state index contributed by atoms with van der Waals surface area (Å²) in [5.74, 6) is 0.106. The van der Waals surface area contributed by atoms with Gasteiger partial charge < -0.3 is 9.80 Å². The van der Waals surface area contributed by atoms with Crippen LogP contribution in [0.1, 0.15) is 5.56 Å². The standard InChI is InChI=1S/C17H21F2N5/c1-22(2)16-5-6-17(21-20-16)24-9-7-23(8-10-24)12-13-3-4-14(18)15(19)11-13/h3-6,11H,7-10,12H2,1-2H3. The Hall–Kier alpha value is -2.28. The number of nitrogens with zero attached hydrogens (tertiary/aromatic N) is 5. The van der Waals surface area contributed by atoms with Crippen LogP contribution in [0.3, 0.4) is 0 Å². The van der Waals surface area contributed by atoms with Crippen molar-refractivity contribution in [3.63, 3.8) is 0 Å². The summed E-state index contributed by atoms with van der Waals surface area (Å²) in [7, 11) is 3.86. The van der Waals surface area contributed by atoms with Crippen molar-refractivity contribution in [1.29, 1.82) is 0 Å². The van der Waals surface area contributed by atoms with E-state index in [1.54, 1.807) is 6.07 Å². The van der Waals surface area contributed by atoms with Gasteiger partial charge in [-0.15, -0.1) is 10.2 Å². The molecule has 1 fully saturated rings. The zero-order valence-corrected chi connectivity index (χ0v) is 13.9. The van der Waals surface area contributed by atoms with Crippen molar-refractivity contribution >= 4 is 11.6 Å². The number of hydrogen-bond acceptors (Lipinski definition) is 5. The molecule has 0 radical (unpaired) electrons. The Morgan fingerprint density at radius 2 is 1.71 bits per heavy atom. The number of anilines is 2. The summed E-state index contributed by atoms with van der Waals surface area (Å²) in [5.41, 5.74) is 0.789. The highest BCUT2D eigenvalue weighted by atomic mass is 19.2. The second-order valence-corrected chi connectivity index (χ2v) is 6.16. The van der Waals surface area contributed by atoms with Gasteiger partial charge in [-0.05, 0) is 29.8 Å². The van der Waals surface area contributed by atoms with Gasteiger partial charge in [-0.25, -0.2) is 8.78 Å². The van der Waals surface area contributed by atoms with E-state index in [-0.39, 0.29) is 0 Å². The number of aromatic nitrogens is 2. The van der Waals surface area contributed by atoms with Crippen molar-refractivity contribution in [2.75, 3.05) is 50.1 Å². The summed E-state index contributed by atoms with van der Waals surface area (Å²) in [6.45, 7) is 3.97. The lowest BCUT2D eigenvalue weighted by Crippen LogP contribution is -2.46. The highest BCUT2D eigenvalue weighted by molar-refractivity contribution is 5.44. The molecule has 0 N–H and O–H groups in total. The normalized spacial score (nSPS) is 15.6. The van der Waals surface area contributed by atoms with E-state index in [4.69, 9.17) is 0 Å². The van der Waals surface area contributed by atoms with Gasteiger partial charge in [0, 0.05) is 46.8 Å². The number of halogens is 2. The van der Waals surface area contributed by atoms with Crippen LogP contribution < -0.4 is 9.80 Å². The van der Waals surface area contributed by atoms with Crippen LogP contribution in [0.2, 0.25) is 0 Å². The summed E-state index contributed by atoms with van der Waals surface area (Å²) in [6.07, 6.45) is 0. The van der Waals surface area contributed by atoms with Gasteiger partial charge in [0.25, 0.3) is 0 Å². The van der Waals surface area contributed by atoms with Crippen LogP contribution in [0.5, 0.6) is 0 Å². The van der Waals surface area contributed by atoms with Crippen molar-refractivity contribution < 1.29 is 8.78 Å². The molecule has 5 nitrogen and oxygen atoms in total.